The maximum atomic E-state index is 12.4. The van der Waals surface area contributed by atoms with Gasteiger partial charge in [-0.3, -0.25) is 14.4 Å². The molecule has 0 fully saturated rings. The van der Waals surface area contributed by atoms with Crippen molar-refractivity contribution in [3.8, 4) is 0 Å². The summed E-state index contributed by atoms with van der Waals surface area (Å²) in [5.41, 5.74) is 5.43. The number of carbonyl (C=O) groups is 4. The van der Waals surface area contributed by atoms with Crippen LogP contribution in [0.2, 0.25) is 0 Å². The van der Waals surface area contributed by atoms with Crippen LogP contribution in [0.1, 0.15) is 41.5 Å². The molecule has 144 valence electrons. The van der Waals surface area contributed by atoms with Gasteiger partial charge in [0.15, 0.2) is 0 Å². The highest BCUT2D eigenvalue weighted by molar-refractivity contribution is 5.93. The van der Waals surface area contributed by atoms with Gasteiger partial charge in [0.2, 0.25) is 17.7 Å². The van der Waals surface area contributed by atoms with Crippen LogP contribution < -0.4 is 21.7 Å². The monoisotopic (exact) mass is 358 g/mol. The van der Waals surface area contributed by atoms with Gasteiger partial charge in [-0.05, 0) is 25.7 Å². The molecule has 0 heterocycles. The Morgan fingerprint density at radius 1 is 0.720 bits per heavy atom. The number of amides is 3. The number of carboxylic acid groups (broad SMARTS) is 1. The Balaban J connectivity index is 5.00. The zero-order valence-electron chi connectivity index (χ0n) is 15.6. The summed E-state index contributed by atoms with van der Waals surface area (Å²) in [4.78, 5) is 47.4. The van der Waals surface area contributed by atoms with Crippen LogP contribution in [-0.4, -0.2) is 53.0 Å². The molecule has 0 aromatic heterocycles. The topological polar surface area (TPSA) is 151 Å². The molecular formula is C16H30N4O5. The van der Waals surface area contributed by atoms with Crippen LogP contribution in [0, 0.1) is 11.8 Å². The fraction of sp³-hybridized carbons (Fsp3) is 0.750. The molecule has 3 amide bonds. The number of nitrogens with one attached hydrogen (secondary N) is 3. The standard InChI is InChI=1S/C16H30N4O5/c1-7(2)11(15(23)20-12(8(3)4)16(24)25)19-14(22)10(6)18-13(21)9(5)17/h7-12H,17H2,1-6H3,(H,18,21)(H,19,22)(H,20,23)(H,24,25). The fourth-order valence-electron chi connectivity index (χ4n) is 1.98. The first-order valence-electron chi connectivity index (χ1n) is 8.27. The van der Waals surface area contributed by atoms with E-state index < -0.39 is 47.9 Å². The highest BCUT2D eigenvalue weighted by atomic mass is 16.4. The SMILES string of the molecule is CC(N)C(=O)NC(C)C(=O)NC(C(=O)NC(C(=O)O)C(C)C)C(C)C. The van der Waals surface area contributed by atoms with E-state index in [0.29, 0.717) is 0 Å². The van der Waals surface area contributed by atoms with Gasteiger partial charge in [0, 0.05) is 0 Å². The van der Waals surface area contributed by atoms with Crippen LogP contribution >= 0.6 is 0 Å². The fourth-order valence-corrected chi connectivity index (χ4v) is 1.98. The summed E-state index contributed by atoms with van der Waals surface area (Å²) < 4.78 is 0. The minimum atomic E-state index is -1.14. The van der Waals surface area contributed by atoms with Gasteiger partial charge in [-0.15, -0.1) is 0 Å². The summed E-state index contributed by atoms with van der Waals surface area (Å²) in [5, 5.41) is 16.6. The van der Waals surface area contributed by atoms with Crippen LogP contribution in [0.4, 0.5) is 0 Å². The predicted molar refractivity (Wildman–Crippen MR) is 92.4 cm³/mol. The molecule has 25 heavy (non-hydrogen) atoms. The quantitative estimate of drug-likeness (QED) is 0.364. The summed E-state index contributed by atoms with van der Waals surface area (Å²) in [6.07, 6.45) is 0. The van der Waals surface area contributed by atoms with Crippen LogP contribution in [0.25, 0.3) is 0 Å². The lowest BCUT2D eigenvalue weighted by atomic mass is 10.00. The normalized spacial score (nSPS) is 15.9. The highest BCUT2D eigenvalue weighted by Crippen LogP contribution is 2.07. The second-order valence-electron chi connectivity index (χ2n) is 6.82. The maximum Gasteiger partial charge on any atom is 0.326 e. The van der Waals surface area contributed by atoms with Gasteiger partial charge in [0.05, 0.1) is 6.04 Å². The molecule has 0 bridgehead atoms. The van der Waals surface area contributed by atoms with Crippen molar-refractivity contribution in [2.24, 2.45) is 17.6 Å². The zero-order valence-corrected chi connectivity index (χ0v) is 15.6. The Labute approximate surface area is 148 Å². The van der Waals surface area contributed by atoms with Crippen molar-refractivity contribution in [2.45, 2.75) is 65.7 Å². The Morgan fingerprint density at radius 3 is 1.52 bits per heavy atom. The van der Waals surface area contributed by atoms with E-state index in [1.807, 2.05) is 0 Å². The lowest BCUT2D eigenvalue weighted by molar-refractivity contribution is -0.143. The van der Waals surface area contributed by atoms with E-state index in [2.05, 4.69) is 16.0 Å². The van der Waals surface area contributed by atoms with Crippen molar-refractivity contribution in [2.75, 3.05) is 0 Å². The number of carboxylic acids is 1. The van der Waals surface area contributed by atoms with Gasteiger partial charge in [0.1, 0.15) is 18.1 Å². The highest BCUT2D eigenvalue weighted by Gasteiger charge is 2.31. The van der Waals surface area contributed by atoms with Crippen LogP contribution in [0.15, 0.2) is 0 Å². The van der Waals surface area contributed by atoms with Gasteiger partial charge in [0.25, 0.3) is 0 Å². The third-order valence-electron chi connectivity index (χ3n) is 3.64. The maximum absolute atomic E-state index is 12.4. The second-order valence-corrected chi connectivity index (χ2v) is 6.82. The van der Waals surface area contributed by atoms with Gasteiger partial charge in [-0.25, -0.2) is 4.79 Å². The number of hydrogen-bond acceptors (Lipinski definition) is 5. The van der Waals surface area contributed by atoms with Crippen molar-refractivity contribution in [1.29, 1.82) is 0 Å². The molecule has 0 aliphatic heterocycles. The van der Waals surface area contributed by atoms with Crippen molar-refractivity contribution >= 4 is 23.7 Å². The molecule has 0 saturated carbocycles. The first kappa shape index (κ1) is 22.8. The lowest BCUT2D eigenvalue weighted by Crippen LogP contribution is -2.58. The van der Waals surface area contributed by atoms with Crippen molar-refractivity contribution in [1.82, 2.24) is 16.0 Å². The van der Waals surface area contributed by atoms with E-state index in [0.717, 1.165) is 0 Å². The molecule has 0 aliphatic carbocycles. The minimum absolute atomic E-state index is 0.276. The number of nitrogens with two attached hydrogens (primary N) is 1. The number of aliphatic carboxylic acids is 1. The summed E-state index contributed by atoms with van der Waals surface area (Å²) in [6.45, 7) is 9.75. The van der Waals surface area contributed by atoms with Gasteiger partial charge in [-0.2, -0.15) is 0 Å². The lowest BCUT2D eigenvalue weighted by Gasteiger charge is -2.26. The Kier molecular flexibility index (Phi) is 9.11. The van der Waals surface area contributed by atoms with Crippen molar-refractivity contribution < 1.29 is 24.3 Å². The molecule has 0 aliphatic rings. The van der Waals surface area contributed by atoms with E-state index in [9.17, 15) is 24.3 Å². The van der Waals surface area contributed by atoms with E-state index in [4.69, 9.17) is 5.73 Å². The minimum Gasteiger partial charge on any atom is -0.480 e. The number of rotatable bonds is 9. The van der Waals surface area contributed by atoms with Crippen LogP contribution in [0.3, 0.4) is 0 Å². The van der Waals surface area contributed by atoms with Crippen molar-refractivity contribution in [3.63, 3.8) is 0 Å². The third kappa shape index (κ3) is 7.51. The van der Waals surface area contributed by atoms with Gasteiger partial charge in [-0.1, -0.05) is 27.7 Å². The molecule has 6 N–H and O–H groups in total. The average Bonchev–Trinajstić information content (AvgIpc) is 2.48. The van der Waals surface area contributed by atoms with E-state index in [1.54, 1.807) is 27.7 Å². The molecule has 9 heteroatoms. The van der Waals surface area contributed by atoms with E-state index in [-0.39, 0.29) is 11.8 Å². The summed E-state index contributed by atoms with van der Waals surface area (Å²) >= 11 is 0. The van der Waals surface area contributed by atoms with Crippen LogP contribution in [-0.2, 0) is 19.2 Å². The summed E-state index contributed by atoms with van der Waals surface area (Å²) in [6, 6.07) is -3.63. The molecule has 0 spiro atoms. The number of hydrogen-bond donors (Lipinski definition) is 5. The Hall–Kier alpha value is -2.16. The van der Waals surface area contributed by atoms with Gasteiger partial charge < -0.3 is 26.8 Å². The molecule has 0 rings (SSSR count). The molecule has 0 aromatic carbocycles. The van der Waals surface area contributed by atoms with Gasteiger partial charge >= 0.3 is 5.97 Å². The molecule has 0 saturated heterocycles. The largest absolute Gasteiger partial charge is 0.480 e. The molecule has 4 atom stereocenters. The van der Waals surface area contributed by atoms with E-state index >= 15 is 0 Å². The summed E-state index contributed by atoms with van der Waals surface area (Å²) in [5.74, 6) is -3.36. The molecule has 0 radical (unpaired) electrons. The predicted octanol–water partition coefficient (Wildman–Crippen LogP) is -0.795. The first-order valence-corrected chi connectivity index (χ1v) is 8.27. The second kappa shape index (κ2) is 9.97. The third-order valence-corrected chi connectivity index (χ3v) is 3.64. The smallest absolute Gasteiger partial charge is 0.326 e. The van der Waals surface area contributed by atoms with Crippen LogP contribution in [0.5, 0.6) is 0 Å². The number of carbonyl (C=O) groups excluding carboxylic acids is 3. The van der Waals surface area contributed by atoms with E-state index in [1.165, 1.54) is 13.8 Å². The summed E-state index contributed by atoms with van der Waals surface area (Å²) in [7, 11) is 0. The zero-order chi connectivity index (χ0) is 19.9. The van der Waals surface area contributed by atoms with Crippen molar-refractivity contribution in [3.05, 3.63) is 0 Å². The molecule has 0 aromatic rings. The molecule has 9 nitrogen and oxygen atoms in total. The average molecular weight is 358 g/mol. The molecular weight excluding hydrogens is 328 g/mol. The Morgan fingerprint density at radius 2 is 1.16 bits per heavy atom. The Bertz CT molecular complexity index is 505. The first-order chi connectivity index (χ1) is 11.4. The molecule has 4 unspecified atom stereocenters.